The summed E-state index contributed by atoms with van der Waals surface area (Å²) in [7, 11) is 0. The number of benzene rings is 1. The van der Waals surface area contributed by atoms with Crippen LogP contribution in [0.15, 0.2) is 18.2 Å². The van der Waals surface area contributed by atoms with Gasteiger partial charge >= 0.3 is 0 Å². The number of aliphatic hydroxyl groups excluding tert-OH is 1. The average molecular weight is 260 g/mol. The van der Waals surface area contributed by atoms with Crippen molar-refractivity contribution in [3.63, 3.8) is 0 Å². The summed E-state index contributed by atoms with van der Waals surface area (Å²) in [5.41, 5.74) is 4.47. The minimum Gasteiger partial charge on any atom is -0.396 e. The van der Waals surface area contributed by atoms with Crippen LogP contribution in [0.4, 0.5) is 0 Å². The summed E-state index contributed by atoms with van der Waals surface area (Å²) in [4.78, 5) is 2.52. The SMILES string of the molecule is OCCC(c1ccc2c(c1)CCC2)N1CCNCC1. The first-order valence-electron chi connectivity index (χ1n) is 7.56. The second-order valence-corrected chi connectivity index (χ2v) is 5.70. The Kier molecular flexibility index (Phi) is 4.16. The third kappa shape index (κ3) is 2.83. The van der Waals surface area contributed by atoms with Crippen molar-refractivity contribution >= 4 is 0 Å². The van der Waals surface area contributed by atoms with Crippen molar-refractivity contribution in [1.29, 1.82) is 0 Å². The molecule has 3 nitrogen and oxygen atoms in total. The summed E-state index contributed by atoms with van der Waals surface area (Å²) < 4.78 is 0. The molecule has 1 fully saturated rings. The van der Waals surface area contributed by atoms with Crippen LogP contribution >= 0.6 is 0 Å². The maximum atomic E-state index is 9.38. The van der Waals surface area contributed by atoms with Crippen LogP contribution in [0, 0.1) is 0 Å². The van der Waals surface area contributed by atoms with E-state index in [9.17, 15) is 5.11 Å². The van der Waals surface area contributed by atoms with E-state index in [-0.39, 0.29) is 6.61 Å². The molecule has 1 saturated heterocycles. The molecule has 19 heavy (non-hydrogen) atoms. The van der Waals surface area contributed by atoms with E-state index >= 15 is 0 Å². The van der Waals surface area contributed by atoms with Gasteiger partial charge < -0.3 is 10.4 Å². The van der Waals surface area contributed by atoms with E-state index < -0.39 is 0 Å². The van der Waals surface area contributed by atoms with Gasteiger partial charge in [0.2, 0.25) is 0 Å². The highest BCUT2D eigenvalue weighted by molar-refractivity contribution is 5.36. The first-order chi connectivity index (χ1) is 9.38. The molecular weight excluding hydrogens is 236 g/mol. The van der Waals surface area contributed by atoms with Crippen molar-refractivity contribution in [3.8, 4) is 0 Å². The maximum Gasteiger partial charge on any atom is 0.0449 e. The molecule has 1 aromatic carbocycles. The number of fused-ring (bicyclic) bond motifs is 1. The van der Waals surface area contributed by atoms with Crippen LogP contribution in [0.3, 0.4) is 0 Å². The molecule has 2 aliphatic rings. The normalized spacial score (nSPS) is 21.3. The zero-order chi connectivity index (χ0) is 13.1. The van der Waals surface area contributed by atoms with Gasteiger partial charge in [-0.2, -0.15) is 0 Å². The molecule has 1 unspecified atom stereocenters. The highest BCUT2D eigenvalue weighted by Crippen LogP contribution is 2.29. The molecule has 0 bridgehead atoms. The topological polar surface area (TPSA) is 35.5 Å². The molecule has 1 atom stereocenters. The molecule has 1 aliphatic carbocycles. The van der Waals surface area contributed by atoms with Gasteiger partial charge in [-0.1, -0.05) is 18.2 Å². The minimum atomic E-state index is 0.270. The third-order valence-corrected chi connectivity index (χ3v) is 4.50. The summed E-state index contributed by atoms with van der Waals surface area (Å²) in [5, 5.41) is 12.8. The van der Waals surface area contributed by atoms with Crippen molar-refractivity contribution in [2.75, 3.05) is 32.8 Å². The molecule has 3 heteroatoms. The van der Waals surface area contributed by atoms with Crippen LogP contribution in [-0.2, 0) is 12.8 Å². The fraction of sp³-hybridized carbons (Fsp3) is 0.625. The molecule has 1 aliphatic heterocycles. The van der Waals surface area contributed by atoms with Gasteiger partial charge in [-0.25, -0.2) is 0 Å². The van der Waals surface area contributed by atoms with Crippen LogP contribution in [0.2, 0.25) is 0 Å². The van der Waals surface area contributed by atoms with Crippen LogP contribution in [-0.4, -0.2) is 42.8 Å². The third-order valence-electron chi connectivity index (χ3n) is 4.50. The van der Waals surface area contributed by atoms with Crippen molar-refractivity contribution in [3.05, 3.63) is 34.9 Å². The number of piperazine rings is 1. The summed E-state index contributed by atoms with van der Waals surface area (Å²) >= 11 is 0. The molecule has 1 heterocycles. The van der Waals surface area contributed by atoms with E-state index in [1.807, 2.05) is 0 Å². The van der Waals surface area contributed by atoms with Crippen molar-refractivity contribution in [1.82, 2.24) is 10.2 Å². The van der Waals surface area contributed by atoms with E-state index in [2.05, 4.69) is 28.4 Å². The number of hydrogen-bond acceptors (Lipinski definition) is 3. The second kappa shape index (κ2) is 6.04. The highest BCUT2D eigenvalue weighted by Gasteiger charge is 2.23. The molecular formula is C16H24N2O. The molecule has 0 saturated carbocycles. The number of rotatable bonds is 4. The molecule has 1 aromatic rings. The maximum absolute atomic E-state index is 9.38. The molecule has 2 N–H and O–H groups in total. The molecule has 0 amide bonds. The Balaban J connectivity index is 1.82. The fourth-order valence-electron chi connectivity index (χ4n) is 3.48. The zero-order valence-corrected chi connectivity index (χ0v) is 11.6. The van der Waals surface area contributed by atoms with Gasteiger partial charge in [-0.05, 0) is 42.4 Å². The Morgan fingerprint density at radius 1 is 1.16 bits per heavy atom. The molecule has 0 aromatic heterocycles. The lowest BCUT2D eigenvalue weighted by Gasteiger charge is -2.35. The lowest BCUT2D eigenvalue weighted by Crippen LogP contribution is -2.45. The van der Waals surface area contributed by atoms with E-state index in [4.69, 9.17) is 0 Å². The van der Waals surface area contributed by atoms with Crippen LogP contribution in [0.1, 0.15) is 35.6 Å². The number of nitrogens with one attached hydrogen (secondary N) is 1. The number of hydrogen-bond donors (Lipinski definition) is 2. The Morgan fingerprint density at radius 3 is 2.74 bits per heavy atom. The van der Waals surface area contributed by atoms with E-state index in [0.717, 1.165) is 32.6 Å². The van der Waals surface area contributed by atoms with Crippen molar-refractivity contribution in [2.45, 2.75) is 31.7 Å². The molecule has 0 spiro atoms. The predicted octanol–water partition coefficient (Wildman–Crippen LogP) is 1.50. The van der Waals surface area contributed by atoms with Gasteiger partial charge in [0.1, 0.15) is 0 Å². The first-order valence-corrected chi connectivity index (χ1v) is 7.56. The quantitative estimate of drug-likeness (QED) is 0.861. The Labute approximate surface area is 115 Å². The predicted molar refractivity (Wildman–Crippen MR) is 77.4 cm³/mol. The average Bonchev–Trinajstić information content (AvgIpc) is 2.93. The van der Waals surface area contributed by atoms with Crippen LogP contribution < -0.4 is 5.32 Å². The van der Waals surface area contributed by atoms with Gasteiger partial charge in [0.25, 0.3) is 0 Å². The zero-order valence-electron chi connectivity index (χ0n) is 11.6. The van der Waals surface area contributed by atoms with Crippen molar-refractivity contribution < 1.29 is 5.11 Å². The second-order valence-electron chi connectivity index (χ2n) is 5.70. The monoisotopic (exact) mass is 260 g/mol. The summed E-state index contributed by atoms with van der Waals surface area (Å²) in [6, 6.07) is 7.37. The van der Waals surface area contributed by atoms with Gasteiger partial charge in [0, 0.05) is 38.8 Å². The lowest BCUT2D eigenvalue weighted by molar-refractivity contribution is 0.141. The van der Waals surface area contributed by atoms with Gasteiger partial charge in [-0.15, -0.1) is 0 Å². The lowest BCUT2D eigenvalue weighted by atomic mass is 9.97. The van der Waals surface area contributed by atoms with E-state index in [0.29, 0.717) is 6.04 Å². The number of aryl methyl sites for hydroxylation is 2. The Bertz CT molecular complexity index is 427. The minimum absolute atomic E-state index is 0.270. The van der Waals surface area contributed by atoms with Crippen molar-refractivity contribution in [2.24, 2.45) is 0 Å². The first kappa shape index (κ1) is 13.1. The smallest absolute Gasteiger partial charge is 0.0449 e. The van der Waals surface area contributed by atoms with E-state index in [1.54, 1.807) is 0 Å². The van der Waals surface area contributed by atoms with Gasteiger partial charge in [0.15, 0.2) is 0 Å². The van der Waals surface area contributed by atoms with Gasteiger partial charge in [-0.3, -0.25) is 4.90 Å². The van der Waals surface area contributed by atoms with Crippen LogP contribution in [0.5, 0.6) is 0 Å². The Morgan fingerprint density at radius 2 is 1.95 bits per heavy atom. The van der Waals surface area contributed by atoms with Gasteiger partial charge in [0.05, 0.1) is 0 Å². The number of aliphatic hydroxyl groups is 1. The largest absolute Gasteiger partial charge is 0.396 e. The molecule has 104 valence electrons. The highest BCUT2D eigenvalue weighted by atomic mass is 16.3. The summed E-state index contributed by atoms with van der Waals surface area (Å²) in [6.45, 7) is 4.56. The Hall–Kier alpha value is -0.900. The number of nitrogens with zero attached hydrogens (tertiary/aromatic N) is 1. The molecule has 0 radical (unpaired) electrons. The fourth-order valence-corrected chi connectivity index (χ4v) is 3.48. The molecule has 3 rings (SSSR count). The van der Waals surface area contributed by atoms with Crippen LogP contribution in [0.25, 0.3) is 0 Å². The summed E-state index contributed by atoms with van der Waals surface area (Å²) in [5.74, 6) is 0. The van der Waals surface area contributed by atoms with E-state index in [1.165, 1.54) is 36.0 Å². The standard InChI is InChI=1S/C16H24N2O/c19-11-6-16(18-9-7-17-8-10-18)15-5-4-13-2-1-3-14(13)12-15/h4-5,12,16-17,19H,1-3,6-11H2. The summed E-state index contributed by atoms with van der Waals surface area (Å²) in [6.07, 6.45) is 4.63.